The molecule has 0 bridgehead atoms. The molecule has 3 aromatic rings. The van der Waals surface area contributed by atoms with Gasteiger partial charge in [0.15, 0.2) is 11.5 Å². The molecule has 37 heavy (non-hydrogen) atoms. The number of rotatable bonds is 11. The van der Waals surface area contributed by atoms with E-state index in [1.807, 2.05) is 31.2 Å². The molecule has 194 valence electrons. The highest BCUT2D eigenvalue weighted by Gasteiger charge is 2.21. The lowest BCUT2D eigenvalue weighted by Crippen LogP contribution is -2.34. The summed E-state index contributed by atoms with van der Waals surface area (Å²) in [5.74, 6) is -0.183. The maximum Gasteiger partial charge on any atom is 0.252 e. The molecule has 0 spiro atoms. The second-order valence-corrected chi connectivity index (χ2v) is 9.62. The van der Waals surface area contributed by atoms with Crippen LogP contribution in [0.4, 0.5) is 5.69 Å². The van der Waals surface area contributed by atoms with Crippen molar-refractivity contribution in [2.75, 3.05) is 19.0 Å². The summed E-state index contributed by atoms with van der Waals surface area (Å²) >= 11 is 6.96. The van der Waals surface area contributed by atoms with E-state index in [9.17, 15) is 9.59 Å². The average molecular weight is 633 g/mol. The average Bonchev–Trinajstić information content (AvgIpc) is 2.89. The Morgan fingerprint density at radius 1 is 1.00 bits per heavy atom. The lowest BCUT2D eigenvalue weighted by Gasteiger charge is -2.15. The third kappa shape index (κ3) is 8.33. The second kappa shape index (κ2) is 13.8. The van der Waals surface area contributed by atoms with Gasteiger partial charge in [0, 0.05) is 10.2 Å². The maximum absolute atomic E-state index is 12.4. The van der Waals surface area contributed by atoms with Crippen LogP contribution < -0.4 is 25.0 Å². The number of carbonyl (C=O) groups is 2. The molecular weight excluding hydrogens is 606 g/mol. The van der Waals surface area contributed by atoms with Gasteiger partial charge in [0.05, 0.1) is 24.4 Å². The van der Waals surface area contributed by atoms with Gasteiger partial charge in [-0.25, -0.2) is 5.43 Å². The van der Waals surface area contributed by atoms with Crippen LogP contribution in [0.15, 0.2) is 74.7 Å². The van der Waals surface area contributed by atoms with Gasteiger partial charge < -0.3 is 19.5 Å². The van der Waals surface area contributed by atoms with Crippen molar-refractivity contribution in [3.05, 3.63) is 80.7 Å². The third-order valence-corrected chi connectivity index (χ3v) is 6.28. The van der Waals surface area contributed by atoms with Gasteiger partial charge in [-0.3, -0.25) is 9.59 Å². The van der Waals surface area contributed by atoms with Crippen LogP contribution in [0.1, 0.15) is 25.0 Å². The normalized spacial score (nSPS) is 11.6. The van der Waals surface area contributed by atoms with E-state index >= 15 is 0 Å². The van der Waals surface area contributed by atoms with E-state index < -0.39 is 17.7 Å². The number of benzene rings is 3. The summed E-state index contributed by atoms with van der Waals surface area (Å²) in [6, 6.07) is 18.2. The van der Waals surface area contributed by atoms with Crippen LogP contribution >= 0.6 is 31.9 Å². The number of nitrogens with one attached hydrogen (secondary N) is 2. The molecule has 1 unspecified atom stereocenters. The fourth-order valence-corrected chi connectivity index (χ4v) is 3.95. The number of hydrazone groups is 1. The molecule has 0 fully saturated rings. The molecule has 3 aromatic carbocycles. The van der Waals surface area contributed by atoms with E-state index in [4.69, 9.17) is 14.2 Å². The van der Waals surface area contributed by atoms with Gasteiger partial charge in [0.25, 0.3) is 5.91 Å². The fourth-order valence-electron chi connectivity index (χ4n) is 3.11. The van der Waals surface area contributed by atoms with Gasteiger partial charge in [-0.1, -0.05) is 28.1 Å². The fraction of sp³-hybridized carbons (Fsp3) is 0.222. The third-order valence-electron chi connectivity index (χ3n) is 5.16. The SMILES string of the molecule is CCOc1cc(C=NNC(=O)C(C)C(=O)Nc2ccc(OC)cc2)cc(Br)c1OCc1ccc(Br)cc1. The zero-order valence-electron chi connectivity index (χ0n) is 20.6. The molecule has 0 heterocycles. The van der Waals surface area contributed by atoms with Crippen LogP contribution in [0, 0.1) is 5.92 Å². The zero-order valence-corrected chi connectivity index (χ0v) is 23.8. The number of anilines is 1. The molecule has 2 amide bonds. The number of carbonyl (C=O) groups excluding carboxylic acids is 2. The second-order valence-electron chi connectivity index (χ2n) is 7.85. The van der Waals surface area contributed by atoms with Gasteiger partial charge >= 0.3 is 0 Å². The van der Waals surface area contributed by atoms with Crippen LogP contribution in [0.5, 0.6) is 17.2 Å². The summed E-state index contributed by atoms with van der Waals surface area (Å²) in [6.45, 7) is 4.20. The number of amides is 2. The van der Waals surface area contributed by atoms with Crippen molar-refractivity contribution in [1.29, 1.82) is 0 Å². The molecule has 8 nitrogen and oxygen atoms in total. The van der Waals surface area contributed by atoms with Crippen LogP contribution in [0.25, 0.3) is 0 Å². The molecule has 1 atom stereocenters. The Morgan fingerprint density at radius 2 is 1.70 bits per heavy atom. The summed E-state index contributed by atoms with van der Waals surface area (Å²) in [5, 5.41) is 6.70. The van der Waals surface area contributed by atoms with Gasteiger partial charge in [0.2, 0.25) is 5.91 Å². The van der Waals surface area contributed by atoms with Crippen LogP contribution in [0.3, 0.4) is 0 Å². The standard InChI is InChI=1S/C27H27Br2N3O5/c1-4-36-24-14-19(13-23(29)25(24)37-16-18-5-7-20(28)8-6-18)15-30-32-27(34)17(2)26(33)31-21-9-11-22(35-3)12-10-21/h5-15,17H,4,16H2,1-3H3,(H,31,33)(H,32,34). The van der Waals surface area contributed by atoms with Crippen molar-refractivity contribution < 1.29 is 23.8 Å². The Morgan fingerprint density at radius 3 is 2.35 bits per heavy atom. The van der Waals surface area contributed by atoms with E-state index in [1.165, 1.54) is 13.1 Å². The molecule has 0 aliphatic heterocycles. The largest absolute Gasteiger partial charge is 0.497 e. The Bertz CT molecular complexity index is 1250. The molecule has 0 aliphatic carbocycles. The summed E-state index contributed by atoms with van der Waals surface area (Å²) in [5.41, 5.74) is 4.65. The topological polar surface area (TPSA) is 98.2 Å². The summed E-state index contributed by atoms with van der Waals surface area (Å²) in [7, 11) is 1.56. The molecule has 10 heteroatoms. The van der Waals surface area contributed by atoms with Crippen molar-refractivity contribution in [1.82, 2.24) is 5.43 Å². The van der Waals surface area contributed by atoms with Crippen molar-refractivity contribution in [2.24, 2.45) is 11.0 Å². The Hall–Kier alpha value is -3.37. The van der Waals surface area contributed by atoms with Crippen molar-refractivity contribution >= 4 is 55.6 Å². The highest BCUT2D eigenvalue weighted by Crippen LogP contribution is 2.37. The molecule has 0 saturated heterocycles. The van der Waals surface area contributed by atoms with Crippen LogP contribution in [0.2, 0.25) is 0 Å². The van der Waals surface area contributed by atoms with Crippen molar-refractivity contribution in [3.63, 3.8) is 0 Å². The van der Waals surface area contributed by atoms with E-state index in [0.717, 1.165) is 10.0 Å². The molecule has 0 saturated carbocycles. The Balaban J connectivity index is 1.61. The first-order chi connectivity index (χ1) is 17.8. The van der Waals surface area contributed by atoms with Gasteiger partial charge in [0.1, 0.15) is 18.3 Å². The van der Waals surface area contributed by atoms with E-state index in [1.54, 1.807) is 43.5 Å². The van der Waals surface area contributed by atoms with E-state index in [-0.39, 0.29) is 0 Å². The predicted octanol–water partition coefficient (Wildman–Crippen LogP) is 5.92. The summed E-state index contributed by atoms with van der Waals surface area (Å²) in [4.78, 5) is 24.9. The minimum Gasteiger partial charge on any atom is -0.497 e. The van der Waals surface area contributed by atoms with Crippen molar-refractivity contribution in [2.45, 2.75) is 20.5 Å². The van der Waals surface area contributed by atoms with Crippen LogP contribution in [-0.4, -0.2) is 31.7 Å². The Labute approximate surface area is 232 Å². The minimum atomic E-state index is -0.959. The molecule has 0 aliphatic rings. The quantitative estimate of drug-likeness (QED) is 0.155. The van der Waals surface area contributed by atoms with E-state index in [0.29, 0.717) is 46.2 Å². The first-order valence-electron chi connectivity index (χ1n) is 11.4. The minimum absolute atomic E-state index is 0.367. The lowest BCUT2D eigenvalue weighted by molar-refractivity contribution is -0.131. The highest BCUT2D eigenvalue weighted by atomic mass is 79.9. The predicted molar refractivity (Wildman–Crippen MR) is 150 cm³/mol. The zero-order chi connectivity index (χ0) is 26.8. The molecular formula is C27H27Br2N3O5. The number of hydrogen-bond donors (Lipinski definition) is 2. The molecule has 0 radical (unpaired) electrons. The summed E-state index contributed by atoms with van der Waals surface area (Å²) in [6.07, 6.45) is 1.47. The lowest BCUT2D eigenvalue weighted by atomic mass is 10.1. The highest BCUT2D eigenvalue weighted by molar-refractivity contribution is 9.10. The summed E-state index contributed by atoms with van der Waals surface area (Å²) < 4.78 is 18.5. The smallest absolute Gasteiger partial charge is 0.252 e. The number of hydrogen-bond acceptors (Lipinski definition) is 6. The number of ether oxygens (including phenoxy) is 3. The number of halogens is 2. The Kier molecular flexibility index (Phi) is 10.5. The maximum atomic E-state index is 12.4. The number of methoxy groups -OCH3 is 1. The van der Waals surface area contributed by atoms with Crippen LogP contribution in [-0.2, 0) is 16.2 Å². The molecule has 3 rings (SSSR count). The van der Waals surface area contributed by atoms with Crippen molar-refractivity contribution in [3.8, 4) is 17.2 Å². The first kappa shape index (κ1) is 28.2. The van der Waals surface area contributed by atoms with Gasteiger partial charge in [-0.15, -0.1) is 0 Å². The van der Waals surface area contributed by atoms with Gasteiger partial charge in [-0.05, 0) is 89.4 Å². The van der Waals surface area contributed by atoms with Gasteiger partial charge in [-0.2, -0.15) is 5.10 Å². The number of nitrogens with zero attached hydrogens (tertiary/aromatic N) is 1. The molecule has 0 aromatic heterocycles. The molecule has 2 N–H and O–H groups in total. The van der Waals surface area contributed by atoms with E-state index in [2.05, 4.69) is 47.7 Å². The monoisotopic (exact) mass is 631 g/mol. The first-order valence-corrected chi connectivity index (χ1v) is 13.0.